The number of aliphatic imine (C=N–C) groups is 1. The second kappa shape index (κ2) is 7.80. The van der Waals surface area contributed by atoms with Crippen molar-refractivity contribution in [3.05, 3.63) is 29.8 Å². The topological polar surface area (TPSA) is 68.9 Å². The average Bonchev–Trinajstić information content (AvgIpc) is 3.23. The lowest BCUT2D eigenvalue weighted by Gasteiger charge is -2.54. The molecule has 3 N–H and O–H groups in total. The summed E-state index contributed by atoms with van der Waals surface area (Å²) < 4.78 is 11.3. The van der Waals surface area contributed by atoms with E-state index < -0.39 is 0 Å². The van der Waals surface area contributed by atoms with Crippen molar-refractivity contribution in [2.75, 3.05) is 19.0 Å². The van der Waals surface area contributed by atoms with Crippen LogP contribution in [0.4, 0.5) is 5.69 Å². The Morgan fingerprint density at radius 2 is 2.12 bits per heavy atom. The molecule has 1 saturated heterocycles. The van der Waals surface area contributed by atoms with Crippen molar-refractivity contribution in [2.45, 2.75) is 50.9 Å². The van der Waals surface area contributed by atoms with Gasteiger partial charge < -0.3 is 20.5 Å². The average molecular weight is 457 g/mol. The van der Waals surface area contributed by atoms with Gasteiger partial charge in [0.15, 0.2) is 5.96 Å². The molecule has 3 atom stereocenters. The molecule has 6 heteroatoms. The van der Waals surface area contributed by atoms with Gasteiger partial charge in [-0.05, 0) is 25.3 Å². The van der Waals surface area contributed by atoms with Gasteiger partial charge in [-0.15, -0.1) is 24.0 Å². The molecule has 3 fully saturated rings. The van der Waals surface area contributed by atoms with Gasteiger partial charge in [-0.25, -0.2) is 4.99 Å². The van der Waals surface area contributed by atoms with Crippen molar-refractivity contribution >= 4 is 35.6 Å². The lowest BCUT2D eigenvalue weighted by Crippen LogP contribution is -2.61. The molecule has 1 heterocycles. The van der Waals surface area contributed by atoms with Crippen molar-refractivity contribution in [1.82, 2.24) is 0 Å². The van der Waals surface area contributed by atoms with E-state index in [2.05, 4.69) is 5.32 Å². The van der Waals surface area contributed by atoms with E-state index in [-0.39, 0.29) is 29.4 Å². The Bertz CT molecular complexity index is 631. The largest absolute Gasteiger partial charge is 0.380 e. The number of nitrogens with zero attached hydrogens (tertiary/aromatic N) is 1. The smallest absolute Gasteiger partial charge is 0.193 e. The SMILES string of the molecule is COCc1ccccc1NC(N)=NC1C2CCOC2C12CCCC2.I. The van der Waals surface area contributed by atoms with E-state index in [1.165, 1.54) is 25.7 Å². The molecule has 1 aromatic carbocycles. The number of halogens is 1. The van der Waals surface area contributed by atoms with Crippen LogP contribution in [0.5, 0.6) is 0 Å². The second-order valence-corrected chi connectivity index (χ2v) is 7.36. The van der Waals surface area contributed by atoms with Crippen LogP contribution >= 0.6 is 24.0 Å². The number of rotatable bonds is 4. The van der Waals surface area contributed by atoms with Crippen LogP contribution in [0, 0.1) is 11.3 Å². The van der Waals surface area contributed by atoms with Crippen molar-refractivity contribution in [3.63, 3.8) is 0 Å². The molecule has 0 amide bonds. The van der Waals surface area contributed by atoms with Crippen LogP contribution in [0.2, 0.25) is 0 Å². The molecule has 25 heavy (non-hydrogen) atoms. The fourth-order valence-electron chi connectivity index (χ4n) is 5.08. The molecule has 3 unspecified atom stereocenters. The zero-order chi connectivity index (χ0) is 16.6. The van der Waals surface area contributed by atoms with E-state index in [0.29, 0.717) is 30.6 Å². The maximum absolute atomic E-state index is 6.27. The van der Waals surface area contributed by atoms with E-state index in [4.69, 9.17) is 20.2 Å². The molecular formula is C19H28IN3O2. The Morgan fingerprint density at radius 1 is 1.36 bits per heavy atom. The van der Waals surface area contributed by atoms with E-state index in [1.807, 2.05) is 24.3 Å². The third kappa shape index (κ3) is 3.28. The molecule has 138 valence electrons. The van der Waals surface area contributed by atoms with Crippen LogP contribution in [0.3, 0.4) is 0 Å². The van der Waals surface area contributed by atoms with Crippen LogP contribution in [-0.4, -0.2) is 31.8 Å². The minimum absolute atomic E-state index is 0. The van der Waals surface area contributed by atoms with Gasteiger partial charge in [0.1, 0.15) is 0 Å². The summed E-state index contributed by atoms with van der Waals surface area (Å²) in [6, 6.07) is 8.38. The highest BCUT2D eigenvalue weighted by molar-refractivity contribution is 14.0. The first-order chi connectivity index (χ1) is 11.7. The first-order valence-electron chi connectivity index (χ1n) is 9.03. The standard InChI is InChI=1S/C19H27N3O2.HI/c1-23-12-13-6-2-3-7-15(13)21-18(20)22-16-14-8-11-24-17(14)19(16)9-4-5-10-19;/h2-3,6-7,14,16-17H,4-5,8-12H2,1H3,(H3,20,21,22);1H. The fourth-order valence-corrected chi connectivity index (χ4v) is 5.08. The number of hydrogen-bond acceptors (Lipinski definition) is 3. The van der Waals surface area contributed by atoms with E-state index in [0.717, 1.165) is 24.3 Å². The van der Waals surface area contributed by atoms with Crippen molar-refractivity contribution in [1.29, 1.82) is 0 Å². The third-order valence-electron chi connectivity index (χ3n) is 6.09. The van der Waals surface area contributed by atoms with Crippen LogP contribution < -0.4 is 11.1 Å². The van der Waals surface area contributed by atoms with Crippen molar-refractivity contribution in [2.24, 2.45) is 22.1 Å². The summed E-state index contributed by atoms with van der Waals surface area (Å²) in [5.41, 5.74) is 8.58. The number of guanidine groups is 1. The number of anilines is 1. The number of methoxy groups -OCH3 is 1. The number of ether oxygens (including phenoxy) is 2. The van der Waals surface area contributed by atoms with Gasteiger partial charge in [-0.2, -0.15) is 0 Å². The predicted octanol–water partition coefficient (Wildman–Crippen LogP) is 3.53. The highest BCUT2D eigenvalue weighted by Crippen LogP contribution is 2.62. The van der Waals surface area contributed by atoms with E-state index in [1.54, 1.807) is 7.11 Å². The number of nitrogens with one attached hydrogen (secondary N) is 1. The maximum Gasteiger partial charge on any atom is 0.193 e. The maximum atomic E-state index is 6.27. The molecule has 0 radical (unpaired) electrons. The highest BCUT2D eigenvalue weighted by Gasteiger charge is 2.65. The predicted molar refractivity (Wildman–Crippen MR) is 110 cm³/mol. The van der Waals surface area contributed by atoms with Crippen LogP contribution in [0.15, 0.2) is 29.3 Å². The number of hydrogen-bond donors (Lipinski definition) is 2. The zero-order valence-electron chi connectivity index (χ0n) is 14.7. The Labute approximate surface area is 166 Å². The summed E-state index contributed by atoms with van der Waals surface area (Å²) in [4.78, 5) is 4.92. The molecule has 2 aliphatic carbocycles. The van der Waals surface area contributed by atoms with Crippen LogP contribution in [0.1, 0.15) is 37.7 Å². The Morgan fingerprint density at radius 3 is 2.88 bits per heavy atom. The molecule has 1 aliphatic heterocycles. The Balaban J connectivity index is 0.00000182. The summed E-state index contributed by atoms with van der Waals surface area (Å²) in [5.74, 6) is 1.07. The van der Waals surface area contributed by atoms with Gasteiger partial charge in [0, 0.05) is 36.3 Å². The minimum Gasteiger partial charge on any atom is -0.380 e. The van der Waals surface area contributed by atoms with Gasteiger partial charge in [0.05, 0.1) is 18.8 Å². The van der Waals surface area contributed by atoms with Gasteiger partial charge in [-0.1, -0.05) is 31.0 Å². The van der Waals surface area contributed by atoms with Gasteiger partial charge >= 0.3 is 0 Å². The van der Waals surface area contributed by atoms with Gasteiger partial charge in [0.2, 0.25) is 0 Å². The normalized spacial score (nSPS) is 29.8. The van der Waals surface area contributed by atoms with Crippen LogP contribution in [-0.2, 0) is 16.1 Å². The summed E-state index contributed by atoms with van der Waals surface area (Å²) in [6.45, 7) is 1.44. The van der Waals surface area contributed by atoms with Crippen molar-refractivity contribution < 1.29 is 9.47 Å². The summed E-state index contributed by atoms with van der Waals surface area (Å²) >= 11 is 0. The Kier molecular flexibility index (Phi) is 5.90. The lowest BCUT2D eigenvalue weighted by atomic mass is 9.54. The molecule has 4 rings (SSSR count). The number of para-hydroxylation sites is 1. The van der Waals surface area contributed by atoms with Crippen molar-refractivity contribution in [3.8, 4) is 0 Å². The van der Waals surface area contributed by atoms with Gasteiger partial charge in [0.25, 0.3) is 0 Å². The van der Waals surface area contributed by atoms with Gasteiger partial charge in [-0.3, -0.25) is 0 Å². The number of fused-ring (bicyclic) bond motifs is 2. The highest BCUT2D eigenvalue weighted by atomic mass is 127. The molecule has 2 saturated carbocycles. The minimum atomic E-state index is 0. The molecule has 0 aromatic heterocycles. The summed E-state index contributed by atoms with van der Waals surface area (Å²) in [7, 11) is 1.70. The van der Waals surface area contributed by atoms with E-state index >= 15 is 0 Å². The summed E-state index contributed by atoms with van der Waals surface area (Å²) in [5, 5.41) is 3.29. The Hall–Kier alpha value is -0.860. The lowest BCUT2D eigenvalue weighted by molar-refractivity contribution is -0.117. The molecule has 0 bridgehead atoms. The molecular weight excluding hydrogens is 429 g/mol. The monoisotopic (exact) mass is 457 g/mol. The first-order valence-corrected chi connectivity index (χ1v) is 9.03. The van der Waals surface area contributed by atoms with Crippen LogP contribution in [0.25, 0.3) is 0 Å². The van der Waals surface area contributed by atoms with E-state index in [9.17, 15) is 0 Å². The number of nitrogens with two attached hydrogens (primary N) is 1. The molecule has 5 nitrogen and oxygen atoms in total. The summed E-state index contributed by atoms with van der Waals surface area (Å²) in [6.07, 6.45) is 6.59. The second-order valence-electron chi connectivity index (χ2n) is 7.36. The third-order valence-corrected chi connectivity index (χ3v) is 6.09. The molecule has 1 spiro atoms. The zero-order valence-corrected chi connectivity index (χ0v) is 17.1. The molecule has 3 aliphatic rings. The quantitative estimate of drug-likeness (QED) is 0.413. The number of benzene rings is 1. The first kappa shape index (κ1) is 18.9. The molecule has 1 aromatic rings. The fraction of sp³-hybridized carbons (Fsp3) is 0.632.